The number of aromatic amines is 1. The number of nitrogen functional groups attached to an aromatic ring is 1. The summed E-state index contributed by atoms with van der Waals surface area (Å²) in [6.07, 6.45) is 1.98. The minimum absolute atomic E-state index is 0.372. The molecule has 152 valence electrons. The molecule has 0 bridgehead atoms. The van der Waals surface area contributed by atoms with Crippen molar-refractivity contribution in [2.45, 2.75) is 19.4 Å². The van der Waals surface area contributed by atoms with Gasteiger partial charge in [-0.1, -0.05) is 54.6 Å². The van der Waals surface area contributed by atoms with Crippen molar-refractivity contribution in [3.63, 3.8) is 0 Å². The third kappa shape index (κ3) is 5.20. The second-order valence-corrected chi connectivity index (χ2v) is 7.07. The van der Waals surface area contributed by atoms with Crippen LogP contribution in [0.5, 0.6) is 11.5 Å². The van der Waals surface area contributed by atoms with Gasteiger partial charge >= 0.3 is 0 Å². The molecule has 0 fully saturated rings. The summed E-state index contributed by atoms with van der Waals surface area (Å²) in [4.78, 5) is 0. The van der Waals surface area contributed by atoms with Crippen LogP contribution < -0.4 is 15.2 Å². The van der Waals surface area contributed by atoms with E-state index in [1.165, 1.54) is 5.56 Å². The Morgan fingerprint density at radius 3 is 2.53 bits per heavy atom. The summed E-state index contributed by atoms with van der Waals surface area (Å²) >= 11 is 0. The largest absolute Gasteiger partial charge is 0.494 e. The molecule has 0 atom stereocenters. The van der Waals surface area contributed by atoms with E-state index in [-0.39, 0.29) is 0 Å². The number of aryl methyl sites for hydroxylation is 1. The van der Waals surface area contributed by atoms with Crippen LogP contribution in [0.4, 0.5) is 5.69 Å². The van der Waals surface area contributed by atoms with Crippen molar-refractivity contribution in [3.05, 3.63) is 96.2 Å². The molecular formula is C25H25N3O2. The Morgan fingerprint density at radius 1 is 0.833 bits per heavy atom. The number of hydrogen-bond acceptors (Lipinski definition) is 4. The van der Waals surface area contributed by atoms with Gasteiger partial charge < -0.3 is 15.2 Å². The van der Waals surface area contributed by atoms with Crippen LogP contribution in [0.1, 0.15) is 17.7 Å². The van der Waals surface area contributed by atoms with Crippen LogP contribution in [0, 0.1) is 0 Å². The van der Waals surface area contributed by atoms with Crippen molar-refractivity contribution in [1.29, 1.82) is 0 Å². The Labute approximate surface area is 176 Å². The second-order valence-electron chi connectivity index (χ2n) is 7.07. The summed E-state index contributed by atoms with van der Waals surface area (Å²) < 4.78 is 11.7. The zero-order valence-electron chi connectivity index (χ0n) is 16.8. The maximum absolute atomic E-state index is 5.94. The number of rotatable bonds is 9. The summed E-state index contributed by atoms with van der Waals surface area (Å²) in [6.45, 7) is 1.05. The SMILES string of the molecule is Nc1ccccc1OCc1cc(-c2cccc(OCCCc3ccccc3)c2)n[nH]1. The van der Waals surface area contributed by atoms with Crippen molar-refractivity contribution in [1.82, 2.24) is 10.2 Å². The average molecular weight is 399 g/mol. The first-order chi connectivity index (χ1) is 14.8. The van der Waals surface area contributed by atoms with Crippen LogP contribution >= 0.6 is 0 Å². The molecule has 3 aromatic carbocycles. The van der Waals surface area contributed by atoms with E-state index in [0.29, 0.717) is 24.7 Å². The van der Waals surface area contributed by atoms with E-state index in [2.05, 4.69) is 34.5 Å². The van der Waals surface area contributed by atoms with E-state index < -0.39 is 0 Å². The molecule has 0 amide bonds. The molecule has 1 heterocycles. The van der Waals surface area contributed by atoms with Crippen molar-refractivity contribution < 1.29 is 9.47 Å². The normalized spacial score (nSPS) is 10.7. The molecule has 4 rings (SSSR count). The number of nitrogens with zero attached hydrogens (tertiary/aromatic N) is 1. The maximum atomic E-state index is 5.94. The summed E-state index contributed by atoms with van der Waals surface area (Å²) in [5.41, 5.74) is 10.6. The van der Waals surface area contributed by atoms with Crippen molar-refractivity contribution in [3.8, 4) is 22.8 Å². The fraction of sp³-hybridized carbons (Fsp3) is 0.160. The zero-order valence-corrected chi connectivity index (χ0v) is 16.8. The highest BCUT2D eigenvalue weighted by atomic mass is 16.5. The highest BCUT2D eigenvalue weighted by Gasteiger charge is 2.07. The van der Waals surface area contributed by atoms with E-state index in [4.69, 9.17) is 15.2 Å². The topological polar surface area (TPSA) is 73.2 Å². The van der Waals surface area contributed by atoms with Gasteiger partial charge in [0.25, 0.3) is 0 Å². The number of nitrogens with two attached hydrogens (primary N) is 1. The highest BCUT2D eigenvalue weighted by Crippen LogP contribution is 2.24. The quantitative estimate of drug-likeness (QED) is 0.298. The van der Waals surface area contributed by atoms with Crippen molar-refractivity contribution in [2.75, 3.05) is 12.3 Å². The maximum Gasteiger partial charge on any atom is 0.142 e. The molecule has 3 N–H and O–H groups in total. The monoisotopic (exact) mass is 399 g/mol. The number of H-pyrrole nitrogens is 1. The molecule has 5 heteroatoms. The van der Waals surface area contributed by atoms with Gasteiger partial charge in [0.2, 0.25) is 0 Å². The molecule has 0 aliphatic heterocycles. The predicted octanol–water partition coefficient (Wildman–Crippen LogP) is 5.25. The standard InChI is InChI=1S/C25H25N3O2/c26-23-13-4-5-14-25(23)30-18-21-17-24(28-27-21)20-11-6-12-22(16-20)29-15-7-10-19-8-2-1-3-9-19/h1-6,8-9,11-14,16-17H,7,10,15,18,26H2,(H,27,28). The number of para-hydroxylation sites is 2. The number of aromatic nitrogens is 2. The van der Waals surface area contributed by atoms with Gasteiger partial charge in [0.15, 0.2) is 0 Å². The lowest BCUT2D eigenvalue weighted by molar-refractivity contribution is 0.303. The summed E-state index contributed by atoms with van der Waals surface area (Å²) in [5.74, 6) is 1.51. The van der Waals surface area contributed by atoms with Gasteiger partial charge in [-0.25, -0.2) is 0 Å². The van der Waals surface area contributed by atoms with E-state index in [1.54, 1.807) is 0 Å². The molecule has 0 aliphatic rings. The zero-order chi connectivity index (χ0) is 20.6. The Hall–Kier alpha value is -3.73. The van der Waals surface area contributed by atoms with Crippen LogP contribution in [0.25, 0.3) is 11.3 Å². The average Bonchev–Trinajstić information content (AvgIpc) is 3.26. The molecule has 0 saturated heterocycles. The van der Waals surface area contributed by atoms with Crippen LogP contribution in [0.2, 0.25) is 0 Å². The number of ether oxygens (including phenoxy) is 2. The number of hydrogen-bond donors (Lipinski definition) is 2. The van der Waals surface area contributed by atoms with E-state index >= 15 is 0 Å². The molecule has 4 aromatic rings. The molecule has 0 radical (unpaired) electrons. The molecule has 0 saturated carbocycles. The van der Waals surface area contributed by atoms with E-state index in [1.807, 2.05) is 60.7 Å². The highest BCUT2D eigenvalue weighted by molar-refractivity contribution is 5.61. The first-order valence-electron chi connectivity index (χ1n) is 10.1. The van der Waals surface area contributed by atoms with Crippen LogP contribution in [0.3, 0.4) is 0 Å². The van der Waals surface area contributed by atoms with Gasteiger partial charge in [0.1, 0.15) is 18.1 Å². The molecule has 30 heavy (non-hydrogen) atoms. The lowest BCUT2D eigenvalue weighted by atomic mass is 10.1. The van der Waals surface area contributed by atoms with Crippen LogP contribution in [0.15, 0.2) is 84.9 Å². The Bertz CT molecular complexity index is 1080. The van der Waals surface area contributed by atoms with E-state index in [9.17, 15) is 0 Å². The first-order valence-corrected chi connectivity index (χ1v) is 10.1. The molecule has 0 spiro atoms. The van der Waals surface area contributed by atoms with Crippen molar-refractivity contribution >= 4 is 5.69 Å². The molecular weight excluding hydrogens is 374 g/mol. The van der Waals surface area contributed by atoms with Crippen LogP contribution in [-0.2, 0) is 13.0 Å². The molecule has 0 aliphatic carbocycles. The van der Waals surface area contributed by atoms with Gasteiger partial charge in [-0.15, -0.1) is 0 Å². The summed E-state index contributed by atoms with van der Waals surface area (Å²) in [5, 5.41) is 7.43. The van der Waals surface area contributed by atoms with Gasteiger partial charge in [-0.2, -0.15) is 5.10 Å². The number of anilines is 1. The first kappa shape index (κ1) is 19.6. The third-order valence-corrected chi connectivity index (χ3v) is 4.78. The van der Waals surface area contributed by atoms with Gasteiger partial charge in [-0.3, -0.25) is 5.10 Å². The molecule has 1 aromatic heterocycles. The molecule has 5 nitrogen and oxygen atoms in total. The minimum Gasteiger partial charge on any atom is -0.494 e. The second kappa shape index (κ2) is 9.65. The number of benzene rings is 3. The Kier molecular flexibility index (Phi) is 6.30. The third-order valence-electron chi connectivity index (χ3n) is 4.78. The summed E-state index contributed by atoms with van der Waals surface area (Å²) in [7, 11) is 0. The molecule has 0 unspecified atom stereocenters. The summed E-state index contributed by atoms with van der Waals surface area (Å²) in [6, 6.07) is 27.9. The van der Waals surface area contributed by atoms with Gasteiger partial charge in [-0.05, 0) is 48.7 Å². The van der Waals surface area contributed by atoms with E-state index in [0.717, 1.165) is 35.5 Å². The minimum atomic E-state index is 0.372. The lowest BCUT2D eigenvalue weighted by Crippen LogP contribution is -1.99. The van der Waals surface area contributed by atoms with Crippen molar-refractivity contribution in [2.24, 2.45) is 0 Å². The predicted molar refractivity (Wildman–Crippen MR) is 119 cm³/mol. The van der Waals surface area contributed by atoms with Gasteiger partial charge in [0.05, 0.1) is 23.7 Å². The lowest BCUT2D eigenvalue weighted by Gasteiger charge is -2.07. The van der Waals surface area contributed by atoms with Gasteiger partial charge in [0, 0.05) is 5.56 Å². The smallest absolute Gasteiger partial charge is 0.142 e. The number of nitrogens with one attached hydrogen (secondary N) is 1. The van der Waals surface area contributed by atoms with Crippen LogP contribution in [-0.4, -0.2) is 16.8 Å². The fourth-order valence-electron chi connectivity index (χ4n) is 3.21. The Balaban J connectivity index is 1.32. The fourth-order valence-corrected chi connectivity index (χ4v) is 3.21. The Morgan fingerprint density at radius 2 is 1.67 bits per heavy atom.